The van der Waals surface area contributed by atoms with E-state index < -0.39 is 0 Å². The van der Waals surface area contributed by atoms with E-state index >= 15 is 0 Å². The van der Waals surface area contributed by atoms with Crippen LogP contribution >= 0.6 is 11.3 Å². The molecule has 14 heavy (non-hydrogen) atoms. The zero-order valence-electron chi connectivity index (χ0n) is 7.48. The summed E-state index contributed by atoms with van der Waals surface area (Å²) in [6.07, 6.45) is 0.739. The number of hydrogen-bond donors (Lipinski definition) is 1. The summed E-state index contributed by atoms with van der Waals surface area (Å²) in [5.74, 6) is 0.599. The van der Waals surface area contributed by atoms with Crippen molar-refractivity contribution in [3.05, 3.63) is 23.1 Å². The highest BCUT2D eigenvalue weighted by Crippen LogP contribution is 2.41. The van der Waals surface area contributed by atoms with Crippen LogP contribution < -0.4 is 4.74 Å². The van der Waals surface area contributed by atoms with E-state index in [4.69, 9.17) is 4.74 Å². The third kappa shape index (κ3) is 1.15. The van der Waals surface area contributed by atoms with E-state index in [2.05, 4.69) is 0 Å². The lowest BCUT2D eigenvalue weighted by Gasteiger charge is -1.99. The first-order chi connectivity index (χ1) is 6.77. The summed E-state index contributed by atoms with van der Waals surface area (Å²) in [6, 6.07) is 5.16. The number of carbonyl (C=O) groups excluding carboxylic acids is 1. The second-order valence-corrected chi connectivity index (χ2v) is 3.85. The van der Waals surface area contributed by atoms with Crippen LogP contribution in [0, 0.1) is 0 Å². The Morgan fingerprint density at radius 2 is 2.29 bits per heavy atom. The van der Waals surface area contributed by atoms with E-state index in [1.807, 2.05) is 6.07 Å². The minimum Gasteiger partial charge on any atom is -0.507 e. The van der Waals surface area contributed by atoms with Crippen LogP contribution in [0.2, 0.25) is 0 Å². The van der Waals surface area contributed by atoms with Gasteiger partial charge in [0.1, 0.15) is 10.6 Å². The van der Waals surface area contributed by atoms with Crippen LogP contribution in [0.5, 0.6) is 11.5 Å². The summed E-state index contributed by atoms with van der Waals surface area (Å²) in [6.45, 7) is 0. The molecule has 0 aliphatic rings. The molecule has 0 aliphatic carbocycles. The first-order valence-electron chi connectivity index (χ1n) is 4.01. The number of fused-ring (bicyclic) bond motifs is 1. The Morgan fingerprint density at radius 1 is 1.50 bits per heavy atom. The van der Waals surface area contributed by atoms with E-state index in [1.54, 1.807) is 12.1 Å². The number of ether oxygens (including phenoxy) is 1. The predicted octanol–water partition coefficient (Wildman–Crippen LogP) is 2.43. The van der Waals surface area contributed by atoms with Gasteiger partial charge in [-0.15, -0.1) is 11.3 Å². The molecule has 4 heteroatoms. The van der Waals surface area contributed by atoms with Crippen molar-refractivity contribution in [3.63, 3.8) is 0 Å². The Labute approximate surface area is 84.6 Å². The first kappa shape index (κ1) is 9.02. The summed E-state index contributed by atoms with van der Waals surface area (Å²) in [5.41, 5.74) is 0. The molecule has 0 fully saturated rings. The van der Waals surface area contributed by atoms with Crippen LogP contribution in [-0.2, 0) is 0 Å². The van der Waals surface area contributed by atoms with Crippen molar-refractivity contribution in [2.75, 3.05) is 7.11 Å². The Hall–Kier alpha value is -1.55. The molecule has 2 rings (SSSR count). The summed E-state index contributed by atoms with van der Waals surface area (Å²) >= 11 is 1.31. The number of methoxy groups -OCH3 is 1. The van der Waals surface area contributed by atoms with E-state index in [-0.39, 0.29) is 5.75 Å². The highest BCUT2D eigenvalue weighted by Gasteiger charge is 2.14. The van der Waals surface area contributed by atoms with E-state index in [0.717, 1.165) is 11.0 Å². The van der Waals surface area contributed by atoms with Crippen molar-refractivity contribution in [2.45, 2.75) is 0 Å². The van der Waals surface area contributed by atoms with Gasteiger partial charge in [-0.1, -0.05) is 6.07 Å². The fourth-order valence-corrected chi connectivity index (χ4v) is 2.41. The molecule has 1 N–H and O–H groups in total. The number of benzene rings is 1. The van der Waals surface area contributed by atoms with Crippen LogP contribution in [0.15, 0.2) is 18.2 Å². The normalized spacial score (nSPS) is 10.4. The molecule has 0 aliphatic heterocycles. The molecule has 0 amide bonds. The number of phenols is 1. The van der Waals surface area contributed by atoms with Gasteiger partial charge in [0.25, 0.3) is 0 Å². The number of hydrogen-bond acceptors (Lipinski definition) is 4. The number of thiophene rings is 1. The van der Waals surface area contributed by atoms with Crippen molar-refractivity contribution in [1.82, 2.24) is 0 Å². The van der Waals surface area contributed by atoms with Gasteiger partial charge in [-0.2, -0.15) is 0 Å². The maximum atomic E-state index is 10.7. The topological polar surface area (TPSA) is 46.5 Å². The number of carbonyl (C=O) groups is 1. The molecule has 1 heterocycles. The Balaban J connectivity index is 2.88. The quantitative estimate of drug-likeness (QED) is 0.771. The third-order valence-corrected chi connectivity index (χ3v) is 3.05. The Bertz CT molecular complexity index is 487. The second kappa shape index (κ2) is 3.31. The highest BCUT2D eigenvalue weighted by molar-refractivity contribution is 7.21. The largest absolute Gasteiger partial charge is 0.507 e. The lowest BCUT2D eigenvalue weighted by molar-refractivity contribution is 0.112. The average molecular weight is 208 g/mol. The molecule has 3 nitrogen and oxygen atoms in total. The van der Waals surface area contributed by atoms with E-state index in [9.17, 15) is 9.90 Å². The van der Waals surface area contributed by atoms with Gasteiger partial charge in [-0.05, 0) is 12.1 Å². The molecule has 0 spiro atoms. The zero-order chi connectivity index (χ0) is 10.1. The Kier molecular flexibility index (Phi) is 2.13. The third-order valence-electron chi connectivity index (χ3n) is 1.99. The highest BCUT2D eigenvalue weighted by atomic mass is 32.1. The van der Waals surface area contributed by atoms with Gasteiger partial charge in [-0.25, -0.2) is 0 Å². The van der Waals surface area contributed by atoms with Crippen molar-refractivity contribution < 1.29 is 14.6 Å². The molecule has 0 saturated heterocycles. The molecule has 2 aromatic rings. The smallest absolute Gasteiger partial charge is 0.163 e. The maximum Gasteiger partial charge on any atom is 0.163 e. The summed E-state index contributed by atoms with van der Waals surface area (Å²) < 4.78 is 5.94. The minimum absolute atomic E-state index is 0.142. The lowest BCUT2D eigenvalue weighted by Crippen LogP contribution is -1.84. The number of aromatic hydroxyl groups is 1. The molecule has 0 radical (unpaired) electrons. The van der Waals surface area contributed by atoms with E-state index in [1.165, 1.54) is 18.4 Å². The molecule has 0 unspecified atom stereocenters. The predicted molar refractivity (Wildman–Crippen MR) is 55.4 cm³/mol. The molecule has 1 aromatic heterocycles. The number of phenolic OH excluding ortho intramolecular Hbond substituents is 1. The average Bonchev–Trinajstić information content (AvgIpc) is 2.56. The van der Waals surface area contributed by atoms with Crippen molar-refractivity contribution in [3.8, 4) is 11.5 Å². The molecule has 0 saturated carbocycles. The fourth-order valence-electron chi connectivity index (χ4n) is 1.40. The monoisotopic (exact) mass is 208 g/mol. The summed E-state index contributed by atoms with van der Waals surface area (Å²) in [5, 5.41) is 10.2. The van der Waals surface area contributed by atoms with Crippen LogP contribution in [0.4, 0.5) is 0 Å². The van der Waals surface area contributed by atoms with Gasteiger partial charge < -0.3 is 9.84 Å². The standard InChI is InChI=1S/C10H8O3S/c1-13-10-8(5-11)14-7-4-2-3-6(12)9(7)10/h2-5,12H,1H3. The molecule has 0 atom stereocenters. The summed E-state index contributed by atoms with van der Waals surface area (Å²) in [4.78, 5) is 11.2. The van der Waals surface area contributed by atoms with Crippen LogP contribution in [0.3, 0.4) is 0 Å². The lowest BCUT2D eigenvalue weighted by atomic mass is 10.2. The SMILES string of the molecule is COc1c(C=O)sc2cccc(O)c12. The number of rotatable bonds is 2. The molecule has 72 valence electrons. The van der Waals surface area contributed by atoms with Gasteiger partial charge in [0.05, 0.1) is 12.5 Å². The minimum atomic E-state index is 0.142. The second-order valence-electron chi connectivity index (χ2n) is 2.77. The van der Waals surface area contributed by atoms with Crippen LogP contribution in [0.25, 0.3) is 10.1 Å². The Morgan fingerprint density at radius 3 is 2.93 bits per heavy atom. The van der Waals surface area contributed by atoms with Gasteiger partial charge in [-0.3, -0.25) is 4.79 Å². The molecule has 0 bridgehead atoms. The van der Waals surface area contributed by atoms with Gasteiger partial charge >= 0.3 is 0 Å². The molecular formula is C10H8O3S. The maximum absolute atomic E-state index is 10.7. The number of aldehydes is 1. The van der Waals surface area contributed by atoms with E-state index in [0.29, 0.717) is 16.0 Å². The zero-order valence-corrected chi connectivity index (χ0v) is 8.30. The molecular weight excluding hydrogens is 200 g/mol. The fraction of sp³-hybridized carbons (Fsp3) is 0.100. The van der Waals surface area contributed by atoms with Crippen molar-refractivity contribution >= 4 is 27.7 Å². The van der Waals surface area contributed by atoms with Gasteiger partial charge in [0, 0.05) is 4.70 Å². The van der Waals surface area contributed by atoms with Crippen LogP contribution in [0.1, 0.15) is 9.67 Å². The van der Waals surface area contributed by atoms with Crippen molar-refractivity contribution in [2.24, 2.45) is 0 Å². The summed E-state index contributed by atoms with van der Waals surface area (Å²) in [7, 11) is 1.49. The van der Waals surface area contributed by atoms with Crippen molar-refractivity contribution in [1.29, 1.82) is 0 Å². The first-order valence-corrected chi connectivity index (χ1v) is 4.83. The molecule has 1 aromatic carbocycles. The van der Waals surface area contributed by atoms with Gasteiger partial charge in [0.15, 0.2) is 12.0 Å². The van der Waals surface area contributed by atoms with Gasteiger partial charge in [0.2, 0.25) is 0 Å². The van der Waals surface area contributed by atoms with Crippen LogP contribution in [-0.4, -0.2) is 18.5 Å².